The van der Waals surface area contributed by atoms with Crippen LogP contribution in [-0.4, -0.2) is 19.0 Å². The maximum absolute atomic E-state index is 12.3. The average molecular weight is 274 g/mol. The van der Waals surface area contributed by atoms with Crippen LogP contribution < -0.4 is 10.6 Å². The summed E-state index contributed by atoms with van der Waals surface area (Å²) in [6, 6.07) is 4.98. The number of alkyl halides is 3. The third-order valence-corrected chi connectivity index (χ3v) is 2.51. The lowest BCUT2D eigenvalue weighted by Crippen LogP contribution is -2.27. The lowest BCUT2D eigenvalue weighted by molar-refractivity contribution is -0.137. The van der Waals surface area contributed by atoms with E-state index in [-0.39, 0.29) is 5.91 Å². The number of amides is 1. The number of nitrogens with one attached hydrogen (secondary N) is 2. The monoisotopic (exact) mass is 274 g/mol. The summed E-state index contributed by atoms with van der Waals surface area (Å²) < 4.78 is 37.0. The van der Waals surface area contributed by atoms with Gasteiger partial charge in [0, 0.05) is 26.1 Å². The molecule has 0 saturated heterocycles. The van der Waals surface area contributed by atoms with E-state index in [1.807, 2.05) is 6.92 Å². The molecule has 0 atom stereocenters. The first-order chi connectivity index (χ1) is 8.93. The minimum absolute atomic E-state index is 0.0394. The summed E-state index contributed by atoms with van der Waals surface area (Å²) in [7, 11) is 0. The van der Waals surface area contributed by atoms with E-state index in [1.165, 1.54) is 12.1 Å². The van der Waals surface area contributed by atoms with Crippen LogP contribution in [0.1, 0.15) is 24.5 Å². The van der Waals surface area contributed by atoms with Gasteiger partial charge < -0.3 is 10.6 Å². The van der Waals surface area contributed by atoms with E-state index in [1.54, 1.807) is 0 Å². The Kier molecular flexibility index (Phi) is 5.82. The van der Waals surface area contributed by atoms with Crippen molar-refractivity contribution in [2.75, 3.05) is 13.1 Å². The molecule has 0 aliphatic carbocycles. The molecule has 1 aromatic rings. The molecular weight excluding hydrogens is 257 g/mol. The highest BCUT2D eigenvalue weighted by atomic mass is 19.4. The van der Waals surface area contributed by atoms with Crippen molar-refractivity contribution in [2.45, 2.75) is 26.1 Å². The first kappa shape index (κ1) is 15.5. The molecule has 0 aromatic heterocycles. The Morgan fingerprint density at radius 3 is 2.37 bits per heavy atom. The molecule has 0 fully saturated rings. The van der Waals surface area contributed by atoms with E-state index in [9.17, 15) is 18.0 Å². The number of halogens is 3. The summed E-state index contributed by atoms with van der Waals surface area (Å²) in [6.07, 6.45) is -3.95. The van der Waals surface area contributed by atoms with Crippen molar-refractivity contribution < 1.29 is 18.0 Å². The molecule has 1 aromatic carbocycles. The fourth-order valence-corrected chi connectivity index (χ4v) is 1.53. The number of carbonyl (C=O) groups excluding carboxylic acids is 1. The second kappa shape index (κ2) is 7.13. The standard InChI is InChI=1S/C13H17F3N2O/c1-2-18-12(19)7-8-17-9-10-3-5-11(6-4-10)13(14,15)16/h3-6,17H,2,7-9H2,1H3,(H,18,19). The largest absolute Gasteiger partial charge is 0.416 e. The zero-order valence-electron chi connectivity index (χ0n) is 10.7. The van der Waals surface area contributed by atoms with Gasteiger partial charge in [0.1, 0.15) is 0 Å². The molecule has 1 amide bonds. The Morgan fingerprint density at radius 1 is 1.21 bits per heavy atom. The van der Waals surface area contributed by atoms with Crippen LogP contribution in [0, 0.1) is 0 Å². The first-order valence-corrected chi connectivity index (χ1v) is 6.07. The second-order valence-electron chi connectivity index (χ2n) is 4.07. The van der Waals surface area contributed by atoms with Gasteiger partial charge in [-0.2, -0.15) is 13.2 Å². The van der Waals surface area contributed by atoms with Crippen molar-refractivity contribution >= 4 is 5.91 Å². The van der Waals surface area contributed by atoms with Crippen LogP contribution in [0.3, 0.4) is 0 Å². The van der Waals surface area contributed by atoms with Gasteiger partial charge in [0.15, 0.2) is 0 Å². The summed E-state index contributed by atoms with van der Waals surface area (Å²) in [6.45, 7) is 3.37. The number of hydrogen-bond donors (Lipinski definition) is 2. The third-order valence-electron chi connectivity index (χ3n) is 2.51. The topological polar surface area (TPSA) is 41.1 Å². The van der Waals surface area contributed by atoms with Gasteiger partial charge in [0.05, 0.1) is 5.56 Å². The van der Waals surface area contributed by atoms with Crippen LogP contribution in [0.4, 0.5) is 13.2 Å². The van der Waals surface area contributed by atoms with E-state index in [2.05, 4.69) is 10.6 Å². The number of carbonyl (C=O) groups is 1. The molecule has 0 bridgehead atoms. The lowest BCUT2D eigenvalue weighted by Gasteiger charge is -2.08. The Labute approximate surface area is 110 Å². The summed E-state index contributed by atoms with van der Waals surface area (Å²) in [5.41, 5.74) is 0.0995. The molecule has 1 rings (SSSR count). The average Bonchev–Trinajstić information content (AvgIpc) is 2.34. The smallest absolute Gasteiger partial charge is 0.356 e. The number of rotatable bonds is 6. The van der Waals surface area contributed by atoms with Gasteiger partial charge in [-0.15, -0.1) is 0 Å². The van der Waals surface area contributed by atoms with E-state index in [0.717, 1.165) is 17.7 Å². The SMILES string of the molecule is CCNC(=O)CCNCc1ccc(C(F)(F)F)cc1. The van der Waals surface area contributed by atoms with Crippen LogP contribution in [0.5, 0.6) is 0 Å². The van der Waals surface area contributed by atoms with E-state index in [4.69, 9.17) is 0 Å². The number of benzene rings is 1. The van der Waals surface area contributed by atoms with Gasteiger partial charge >= 0.3 is 6.18 Å². The van der Waals surface area contributed by atoms with Gasteiger partial charge in [-0.1, -0.05) is 12.1 Å². The van der Waals surface area contributed by atoms with Crippen molar-refractivity contribution in [3.8, 4) is 0 Å². The van der Waals surface area contributed by atoms with E-state index in [0.29, 0.717) is 26.1 Å². The summed E-state index contributed by atoms with van der Waals surface area (Å²) in [5, 5.41) is 5.67. The van der Waals surface area contributed by atoms with Crippen LogP contribution in [0.25, 0.3) is 0 Å². The molecule has 6 heteroatoms. The van der Waals surface area contributed by atoms with E-state index < -0.39 is 11.7 Å². The molecule has 0 radical (unpaired) electrons. The van der Waals surface area contributed by atoms with Crippen LogP contribution in [-0.2, 0) is 17.5 Å². The van der Waals surface area contributed by atoms with Gasteiger partial charge in [0.2, 0.25) is 5.91 Å². The zero-order valence-corrected chi connectivity index (χ0v) is 10.7. The normalized spacial score (nSPS) is 11.4. The third kappa shape index (κ3) is 5.74. The van der Waals surface area contributed by atoms with Gasteiger partial charge in [-0.25, -0.2) is 0 Å². The molecule has 106 valence electrons. The highest BCUT2D eigenvalue weighted by molar-refractivity contribution is 5.75. The molecule has 0 aliphatic heterocycles. The van der Waals surface area contributed by atoms with Gasteiger partial charge in [0.25, 0.3) is 0 Å². The maximum atomic E-state index is 12.3. The molecule has 0 saturated carbocycles. The fourth-order valence-electron chi connectivity index (χ4n) is 1.53. The Hall–Kier alpha value is -1.56. The van der Waals surface area contributed by atoms with Crippen molar-refractivity contribution in [1.29, 1.82) is 0 Å². The minimum Gasteiger partial charge on any atom is -0.356 e. The van der Waals surface area contributed by atoms with Crippen LogP contribution in [0.15, 0.2) is 24.3 Å². The van der Waals surface area contributed by atoms with Gasteiger partial charge in [-0.3, -0.25) is 4.79 Å². The molecule has 0 spiro atoms. The van der Waals surface area contributed by atoms with E-state index >= 15 is 0 Å². The molecule has 0 heterocycles. The molecule has 2 N–H and O–H groups in total. The quantitative estimate of drug-likeness (QED) is 0.782. The predicted molar refractivity (Wildman–Crippen MR) is 66.5 cm³/mol. The molecule has 0 aliphatic rings. The van der Waals surface area contributed by atoms with Crippen molar-refractivity contribution in [2.24, 2.45) is 0 Å². The highest BCUT2D eigenvalue weighted by Gasteiger charge is 2.29. The van der Waals surface area contributed by atoms with Gasteiger partial charge in [-0.05, 0) is 24.6 Å². The number of hydrogen-bond acceptors (Lipinski definition) is 2. The summed E-state index contributed by atoms with van der Waals surface area (Å²) in [4.78, 5) is 11.1. The maximum Gasteiger partial charge on any atom is 0.416 e. The fraction of sp³-hybridized carbons (Fsp3) is 0.462. The molecule has 19 heavy (non-hydrogen) atoms. The zero-order chi connectivity index (χ0) is 14.3. The Balaban J connectivity index is 2.33. The minimum atomic E-state index is -4.30. The second-order valence-corrected chi connectivity index (χ2v) is 4.07. The van der Waals surface area contributed by atoms with Crippen molar-refractivity contribution in [3.05, 3.63) is 35.4 Å². The molecule has 3 nitrogen and oxygen atoms in total. The van der Waals surface area contributed by atoms with Crippen LogP contribution in [0.2, 0.25) is 0 Å². The summed E-state index contributed by atoms with van der Waals surface area (Å²) in [5.74, 6) is -0.0394. The molecular formula is C13H17F3N2O. The Morgan fingerprint density at radius 2 is 1.84 bits per heavy atom. The van der Waals surface area contributed by atoms with Crippen LogP contribution >= 0.6 is 0 Å². The van der Waals surface area contributed by atoms with Crippen molar-refractivity contribution in [1.82, 2.24) is 10.6 Å². The predicted octanol–water partition coefficient (Wildman–Crippen LogP) is 2.32. The first-order valence-electron chi connectivity index (χ1n) is 6.07. The van der Waals surface area contributed by atoms with Crippen molar-refractivity contribution in [3.63, 3.8) is 0 Å². The Bertz CT molecular complexity index is 401. The molecule has 0 unspecified atom stereocenters. The highest BCUT2D eigenvalue weighted by Crippen LogP contribution is 2.28. The lowest BCUT2D eigenvalue weighted by atomic mass is 10.1. The summed E-state index contributed by atoms with van der Waals surface area (Å²) >= 11 is 0.